The molecule has 2 aromatic carbocycles. The van der Waals surface area contributed by atoms with Crippen molar-refractivity contribution in [3.63, 3.8) is 0 Å². The third-order valence-corrected chi connectivity index (χ3v) is 6.14. The van der Waals surface area contributed by atoms with E-state index in [2.05, 4.69) is 52.5 Å². The Kier molecular flexibility index (Phi) is 7.70. The summed E-state index contributed by atoms with van der Waals surface area (Å²) in [4.78, 5) is 19.8. The number of aromatic nitrogens is 2. The molecule has 6 heteroatoms. The van der Waals surface area contributed by atoms with Crippen molar-refractivity contribution in [2.24, 2.45) is 5.73 Å². The minimum Gasteiger partial charge on any atom is -0.363 e. The van der Waals surface area contributed by atoms with Crippen LogP contribution in [0.25, 0.3) is 6.08 Å². The lowest BCUT2D eigenvalue weighted by atomic mass is 10.0. The molecule has 172 valence electrons. The van der Waals surface area contributed by atoms with Crippen LogP contribution in [0.2, 0.25) is 0 Å². The first kappa shape index (κ1) is 23.0. The van der Waals surface area contributed by atoms with Gasteiger partial charge in [-0.1, -0.05) is 66.2 Å². The first-order valence-electron chi connectivity index (χ1n) is 11.6. The first-order chi connectivity index (χ1) is 16.1. The molecule has 1 saturated heterocycles. The highest BCUT2D eigenvalue weighted by molar-refractivity contribution is 5.52. The topological polar surface area (TPSA) is 76.2 Å². The van der Waals surface area contributed by atoms with Crippen LogP contribution in [0.3, 0.4) is 0 Å². The fourth-order valence-electron chi connectivity index (χ4n) is 4.31. The number of hydrogen-bond donors (Lipinski definition) is 2. The number of nitrogens with one attached hydrogen (secondary N) is 1. The summed E-state index contributed by atoms with van der Waals surface area (Å²) in [6.07, 6.45) is 7.69. The van der Waals surface area contributed by atoms with Gasteiger partial charge in [-0.2, -0.15) is 0 Å². The summed E-state index contributed by atoms with van der Waals surface area (Å²) in [5.74, 6) is 0.440. The quantitative estimate of drug-likeness (QED) is 0.555. The summed E-state index contributed by atoms with van der Waals surface area (Å²) in [5.41, 5.74) is 10.3. The van der Waals surface area contributed by atoms with Crippen LogP contribution in [-0.4, -0.2) is 40.1 Å². The number of anilines is 1. The second kappa shape index (κ2) is 11.1. The third kappa shape index (κ3) is 6.40. The summed E-state index contributed by atoms with van der Waals surface area (Å²) in [5, 5.41) is 3.41. The molecular weight excluding hydrogens is 410 g/mol. The highest BCUT2D eigenvalue weighted by Crippen LogP contribution is 2.16. The molecule has 1 aliphatic heterocycles. The van der Waals surface area contributed by atoms with E-state index in [-0.39, 0.29) is 11.6 Å². The Labute approximate surface area is 195 Å². The second-order valence-corrected chi connectivity index (χ2v) is 8.83. The molecule has 1 fully saturated rings. The van der Waals surface area contributed by atoms with E-state index >= 15 is 0 Å². The number of benzene rings is 2. The maximum atomic E-state index is 13.0. The molecule has 0 bridgehead atoms. The maximum Gasteiger partial charge on any atom is 0.293 e. The Morgan fingerprint density at radius 2 is 1.79 bits per heavy atom. The summed E-state index contributed by atoms with van der Waals surface area (Å²) < 4.78 is 1.71. The van der Waals surface area contributed by atoms with Crippen molar-refractivity contribution in [2.45, 2.75) is 38.9 Å². The molecule has 4 rings (SSSR count). The second-order valence-electron chi connectivity index (χ2n) is 8.83. The molecule has 3 aromatic rings. The molecule has 0 unspecified atom stereocenters. The van der Waals surface area contributed by atoms with E-state index < -0.39 is 0 Å². The monoisotopic (exact) mass is 443 g/mol. The lowest BCUT2D eigenvalue weighted by Crippen LogP contribution is -2.41. The molecule has 0 radical (unpaired) electrons. The average molecular weight is 444 g/mol. The normalized spacial score (nSPS) is 15.5. The van der Waals surface area contributed by atoms with Crippen molar-refractivity contribution >= 4 is 11.9 Å². The fourth-order valence-corrected chi connectivity index (χ4v) is 4.31. The zero-order chi connectivity index (χ0) is 23.0. The van der Waals surface area contributed by atoms with Gasteiger partial charge in [-0.15, -0.1) is 0 Å². The first-order valence-corrected chi connectivity index (χ1v) is 11.6. The predicted octanol–water partition coefficient (Wildman–Crippen LogP) is 3.73. The summed E-state index contributed by atoms with van der Waals surface area (Å²) in [6, 6.07) is 18.8. The Hall–Kier alpha value is -3.22. The van der Waals surface area contributed by atoms with Gasteiger partial charge < -0.3 is 15.6 Å². The van der Waals surface area contributed by atoms with E-state index in [4.69, 9.17) is 5.73 Å². The Morgan fingerprint density at radius 3 is 2.48 bits per heavy atom. The summed E-state index contributed by atoms with van der Waals surface area (Å²) >= 11 is 0. The molecule has 1 aliphatic rings. The van der Waals surface area contributed by atoms with Gasteiger partial charge in [-0.3, -0.25) is 9.69 Å². The van der Waals surface area contributed by atoms with E-state index in [1.807, 2.05) is 30.3 Å². The largest absolute Gasteiger partial charge is 0.363 e. The smallest absolute Gasteiger partial charge is 0.293 e. The van der Waals surface area contributed by atoms with Crippen LogP contribution in [0.4, 0.5) is 5.82 Å². The van der Waals surface area contributed by atoms with Gasteiger partial charge in [-0.05, 0) is 36.5 Å². The van der Waals surface area contributed by atoms with Gasteiger partial charge in [0, 0.05) is 44.6 Å². The van der Waals surface area contributed by atoms with Crippen molar-refractivity contribution in [3.05, 3.63) is 99.6 Å². The predicted molar refractivity (Wildman–Crippen MR) is 135 cm³/mol. The summed E-state index contributed by atoms with van der Waals surface area (Å²) in [6.45, 7) is 6.22. The number of piperidine rings is 1. The van der Waals surface area contributed by atoms with Crippen LogP contribution in [-0.2, 0) is 13.1 Å². The standard InChI is InChI=1S/C27H33N5O/c1-21(17-22-5-3-2-4-6-22)19-31-14-11-25(12-15-31)30-26-27(33)32(16-13-29-26)20-24-9-7-23(18-28)8-10-24/h2-10,13,16-17,25H,11-12,14-15,18-20,28H2,1H3,(H,29,30)/b21-17+. The van der Waals surface area contributed by atoms with Gasteiger partial charge >= 0.3 is 0 Å². The highest BCUT2D eigenvalue weighted by Gasteiger charge is 2.20. The van der Waals surface area contributed by atoms with Gasteiger partial charge in [0.05, 0.1) is 6.54 Å². The molecule has 0 amide bonds. The van der Waals surface area contributed by atoms with E-state index in [9.17, 15) is 4.79 Å². The molecule has 0 aliphatic carbocycles. The average Bonchev–Trinajstić information content (AvgIpc) is 2.84. The van der Waals surface area contributed by atoms with Crippen LogP contribution in [0, 0.1) is 0 Å². The van der Waals surface area contributed by atoms with Crippen molar-refractivity contribution < 1.29 is 0 Å². The van der Waals surface area contributed by atoms with Crippen molar-refractivity contribution in [1.82, 2.24) is 14.5 Å². The van der Waals surface area contributed by atoms with Crippen molar-refractivity contribution in [1.29, 1.82) is 0 Å². The number of likely N-dealkylation sites (tertiary alicyclic amines) is 1. The third-order valence-electron chi connectivity index (χ3n) is 6.14. The minimum atomic E-state index is -0.0792. The lowest BCUT2D eigenvalue weighted by molar-refractivity contribution is 0.236. The SMILES string of the molecule is C/C(=C\c1ccccc1)CN1CCC(Nc2nccn(Cc3ccc(CN)cc3)c2=O)CC1. The summed E-state index contributed by atoms with van der Waals surface area (Å²) in [7, 11) is 0. The number of hydrogen-bond acceptors (Lipinski definition) is 5. The van der Waals surface area contributed by atoms with Crippen LogP contribution in [0.15, 0.2) is 77.4 Å². The molecule has 33 heavy (non-hydrogen) atoms. The molecule has 0 saturated carbocycles. The van der Waals surface area contributed by atoms with Crippen molar-refractivity contribution in [2.75, 3.05) is 25.0 Å². The molecule has 1 aromatic heterocycles. The van der Waals surface area contributed by atoms with Gasteiger partial charge in [0.15, 0.2) is 5.82 Å². The number of nitrogens with two attached hydrogens (primary N) is 1. The van der Waals surface area contributed by atoms with E-state index in [1.165, 1.54) is 11.1 Å². The van der Waals surface area contributed by atoms with E-state index in [1.54, 1.807) is 17.0 Å². The zero-order valence-corrected chi connectivity index (χ0v) is 19.3. The van der Waals surface area contributed by atoms with E-state index in [0.29, 0.717) is 18.9 Å². The van der Waals surface area contributed by atoms with Crippen LogP contribution in [0.1, 0.15) is 36.5 Å². The van der Waals surface area contributed by atoms with E-state index in [0.717, 1.165) is 43.6 Å². The minimum absolute atomic E-state index is 0.0792. The molecule has 0 atom stereocenters. The van der Waals surface area contributed by atoms with Crippen LogP contribution < -0.4 is 16.6 Å². The van der Waals surface area contributed by atoms with Gasteiger partial charge in [0.1, 0.15) is 0 Å². The molecule has 0 spiro atoms. The number of rotatable bonds is 8. The van der Waals surface area contributed by atoms with Gasteiger partial charge in [-0.25, -0.2) is 4.98 Å². The van der Waals surface area contributed by atoms with Gasteiger partial charge in [0.2, 0.25) is 0 Å². The zero-order valence-electron chi connectivity index (χ0n) is 19.3. The molecule has 6 nitrogen and oxygen atoms in total. The fraction of sp³-hybridized carbons (Fsp3) is 0.333. The number of nitrogens with zero attached hydrogens (tertiary/aromatic N) is 3. The van der Waals surface area contributed by atoms with Gasteiger partial charge in [0.25, 0.3) is 5.56 Å². The molecular formula is C27H33N5O. The van der Waals surface area contributed by atoms with Crippen molar-refractivity contribution in [3.8, 4) is 0 Å². The van der Waals surface area contributed by atoms with Crippen LogP contribution >= 0.6 is 0 Å². The molecule has 2 heterocycles. The molecule has 3 N–H and O–H groups in total. The maximum absolute atomic E-state index is 13.0. The highest BCUT2D eigenvalue weighted by atomic mass is 16.1. The Balaban J connectivity index is 1.31. The van der Waals surface area contributed by atoms with Crippen LogP contribution in [0.5, 0.6) is 0 Å². The lowest BCUT2D eigenvalue weighted by Gasteiger charge is -2.32. The Bertz CT molecular complexity index is 1110. The Morgan fingerprint density at radius 1 is 1.09 bits per heavy atom.